The van der Waals surface area contributed by atoms with E-state index < -0.39 is 0 Å². The van der Waals surface area contributed by atoms with Crippen molar-refractivity contribution in [1.29, 1.82) is 0 Å². The third-order valence-corrected chi connectivity index (χ3v) is 4.52. The Morgan fingerprint density at radius 1 is 1.32 bits per heavy atom. The monoisotopic (exact) mass is 415 g/mol. The second-order valence-electron chi connectivity index (χ2n) is 6.72. The number of benzene rings is 1. The Labute approximate surface area is 177 Å². The largest absolute Gasteiger partial charge is 0.357 e. The van der Waals surface area contributed by atoms with Gasteiger partial charge in [0.2, 0.25) is 5.95 Å². The fourth-order valence-corrected chi connectivity index (χ4v) is 3.00. The summed E-state index contributed by atoms with van der Waals surface area (Å²) in [6, 6.07) is 11.9. The van der Waals surface area contributed by atoms with Crippen LogP contribution in [0, 0.1) is 25.2 Å². The molecule has 3 heterocycles. The molecule has 0 aliphatic heterocycles. The zero-order valence-electron chi connectivity index (χ0n) is 16.6. The van der Waals surface area contributed by atoms with Crippen LogP contribution in [0.3, 0.4) is 0 Å². The number of anilines is 2. The number of halogens is 1. The first kappa shape index (κ1) is 19.8. The molecular formula is C22H18FN7O. The third kappa shape index (κ3) is 4.43. The molecule has 0 bridgehead atoms. The van der Waals surface area contributed by atoms with E-state index in [4.69, 9.17) is 6.42 Å². The van der Waals surface area contributed by atoms with Gasteiger partial charge in [-0.05, 0) is 36.2 Å². The predicted molar refractivity (Wildman–Crippen MR) is 114 cm³/mol. The predicted octanol–water partition coefficient (Wildman–Crippen LogP) is 3.23. The van der Waals surface area contributed by atoms with Crippen LogP contribution >= 0.6 is 0 Å². The smallest absolute Gasteiger partial charge is 0.267 e. The van der Waals surface area contributed by atoms with Gasteiger partial charge in [0, 0.05) is 36.6 Å². The molecule has 0 unspecified atom stereocenters. The SMILES string of the molecule is C#Cn1nccc1Nc1ncc(C)c(-c2c[nH]c(C(=O)NCc3cccc(F)c3)c2)n1. The maximum Gasteiger partial charge on any atom is 0.267 e. The Balaban J connectivity index is 1.50. The lowest BCUT2D eigenvalue weighted by Gasteiger charge is -2.07. The molecule has 0 saturated heterocycles. The van der Waals surface area contributed by atoms with Gasteiger partial charge in [-0.3, -0.25) is 4.79 Å². The zero-order valence-corrected chi connectivity index (χ0v) is 16.6. The van der Waals surface area contributed by atoms with Crippen LogP contribution in [0.4, 0.5) is 16.2 Å². The average Bonchev–Trinajstić information content (AvgIpc) is 3.43. The molecule has 1 aromatic carbocycles. The molecule has 4 aromatic rings. The van der Waals surface area contributed by atoms with Crippen LogP contribution < -0.4 is 10.6 Å². The van der Waals surface area contributed by atoms with E-state index in [1.807, 2.05) is 6.92 Å². The van der Waals surface area contributed by atoms with Crippen molar-refractivity contribution in [3.05, 3.63) is 77.6 Å². The minimum absolute atomic E-state index is 0.217. The van der Waals surface area contributed by atoms with Gasteiger partial charge < -0.3 is 15.6 Å². The van der Waals surface area contributed by atoms with Gasteiger partial charge in [0.05, 0.1) is 11.9 Å². The lowest BCUT2D eigenvalue weighted by atomic mass is 10.1. The molecule has 0 aliphatic rings. The van der Waals surface area contributed by atoms with Gasteiger partial charge in [-0.2, -0.15) is 9.78 Å². The van der Waals surface area contributed by atoms with Crippen molar-refractivity contribution in [3.63, 3.8) is 0 Å². The Morgan fingerprint density at radius 3 is 3.00 bits per heavy atom. The molecule has 4 rings (SSSR count). The topological polar surface area (TPSA) is 101 Å². The van der Waals surface area contributed by atoms with Crippen molar-refractivity contribution < 1.29 is 9.18 Å². The van der Waals surface area contributed by atoms with E-state index >= 15 is 0 Å². The highest BCUT2D eigenvalue weighted by Crippen LogP contribution is 2.24. The molecule has 3 aromatic heterocycles. The Morgan fingerprint density at radius 2 is 2.19 bits per heavy atom. The van der Waals surface area contributed by atoms with E-state index in [0.717, 1.165) is 11.1 Å². The summed E-state index contributed by atoms with van der Waals surface area (Å²) in [6.07, 6.45) is 10.3. The van der Waals surface area contributed by atoms with E-state index in [0.29, 0.717) is 28.7 Å². The van der Waals surface area contributed by atoms with Crippen molar-refractivity contribution in [2.24, 2.45) is 0 Å². The normalized spacial score (nSPS) is 10.5. The van der Waals surface area contributed by atoms with E-state index in [1.165, 1.54) is 16.8 Å². The maximum absolute atomic E-state index is 13.3. The van der Waals surface area contributed by atoms with Crippen molar-refractivity contribution in [2.45, 2.75) is 13.5 Å². The Bertz CT molecular complexity index is 1290. The molecule has 0 aliphatic carbocycles. The highest BCUT2D eigenvalue weighted by Gasteiger charge is 2.14. The molecule has 9 heteroatoms. The van der Waals surface area contributed by atoms with Crippen molar-refractivity contribution in [2.75, 3.05) is 5.32 Å². The second-order valence-corrected chi connectivity index (χ2v) is 6.72. The fraction of sp³-hybridized carbons (Fsp3) is 0.0909. The number of carbonyl (C=O) groups is 1. The number of aromatic amines is 1. The summed E-state index contributed by atoms with van der Waals surface area (Å²) >= 11 is 0. The number of nitrogens with one attached hydrogen (secondary N) is 3. The summed E-state index contributed by atoms with van der Waals surface area (Å²) in [5.74, 6) is 0.251. The Hall–Kier alpha value is -4.45. The summed E-state index contributed by atoms with van der Waals surface area (Å²) < 4.78 is 14.6. The number of H-pyrrole nitrogens is 1. The van der Waals surface area contributed by atoms with Crippen molar-refractivity contribution >= 4 is 17.7 Å². The number of nitrogens with zero attached hydrogens (tertiary/aromatic N) is 4. The lowest BCUT2D eigenvalue weighted by Crippen LogP contribution is -2.23. The van der Waals surface area contributed by atoms with Crippen LogP contribution in [0.1, 0.15) is 21.6 Å². The van der Waals surface area contributed by atoms with E-state index in [9.17, 15) is 9.18 Å². The minimum atomic E-state index is -0.345. The highest BCUT2D eigenvalue weighted by molar-refractivity contribution is 5.93. The molecule has 0 fully saturated rings. The summed E-state index contributed by atoms with van der Waals surface area (Å²) in [4.78, 5) is 24.2. The number of terminal acetylenes is 1. The molecule has 0 spiro atoms. The van der Waals surface area contributed by atoms with Gasteiger partial charge in [-0.1, -0.05) is 18.6 Å². The number of hydrogen-bond acceptors (Lipinski definition) is 5. The van der Waals surface area contributed by atoms with Gasteiger partial charge in [0.1, 0.15) is 17.3 Å². The summed E-state index contributed by atoms with van der Waals surface area (Å²) in [5, 5.41) is 9.78. The first-order valence-electron chi connectivity index (χ1n) is 9.36. The van der Waals surface area contributed by atoms with Crippen LogP contribution in [-0.4, -0.2) is 30.6 Å². The van der Waals surface area contributed by atoms with Crippen LogP contribution in [0.25, 0.3) is 11.3 Å². The van der Waals surface area contributed by atoms with Gasteiger partial charge in [0.25, 0.3) is 5.91 Å². The second kappa shape index (κ2) is 8.51. The molecule has 0 atom stereocenters. The molecule has 3 N–H and O–H groups in total. The average molecular weight is 415 g/mol. The minimum Gasteiger partial charge on any atom is -0.357 e. The first-order valence-corrected chi connectivity index (χ1v) is 9.36. The van der Waals surface area contributed by atoms with E-state index in [2.05, 4.69) is 36.7 Å². The van der Waals surface area contributed by atoms with Crippen LogP contribution in [-0.2, 0) is 6.54 Å². The van der Waals surface area contributed by atoms with Gasteiger partial charge >= 0.3 is 0 Å². The fourth-order valence-electron chi connectivity index (χ4n) is 3.00. The lowest BCUT2D eigenvalue weighted by molar-refractivity contribution is 0.0946. The van der Waals surface area contributed by atoms with Crippen molar-refractivity contribution in [1.82, 2.24) is 30.0 Å². The van der Waals surface area contributed by atoms with Gasteiger partial charge in [0.15, 0.2) is 0 Å². The molecule has 1 amide bonds. The summed E-state index contributed by atoms with van der Waals surface area (Å²) in [5.41, 5.74) is 3.26. The number of aromatic nitrogens is 5. The number of amides is 1. The standard InChI is InChI=1S/C22H18FN7O/c1-3-30-19(7-8-27-30)28-22-26-11-14(2)20(29-22)16-10-18(24-13-16)21(31)25-12-15-5-4-6-17(23)9-15/h1,4-11,13,24H,12H2,2H3,(H,25,31)(H,26,28,29). The molecule has 0 saturated carbocycles. The maximum atomic E-state index is 13.3. The quantitative estimate of drug-likeness (QED) is 0.420. The third-order valence-electron chi connectivity index (χ3n) is 4.52. The van der Waals surface area contributed by atoms with E-state index in [-0.39, 0.29) is 18.3 Å². The number of carbonyl (C=O) groups excluding carboxylic acids is 1. The van der Waals surface area contributed by atoms with Crippen LogP contribution in [0.2, 0.25) is 0 Å². The first-order chi connectivity index (χ1) is 15.0. The zero-order chi connectivity index (χ0) is 21.8. The highest BCUT2D eigenvalue weighted by atomic mass is 19.1. The molecular weight excluding hydrogens is 397 g/mol. The van der Waals surface area contributed by atoms with Crippen LogP contribution in [0.15, 0.2) is 55.0 Å². The summed E-state index contributed by atoms with van der Waals surface area (Å²) in [7, 11) is 0. The molecule has 0 radical (unpaired) electrons. The number of rotatable bonds is 6. The molecule has 31 heavy (non-hydrogen) atoms. The molecule has 8 nitrogen and oxygen atoms in total. The van der Waals surface area contributed by atoms with Crippen molar-refractivity contribution in [3.8, 4) is 23.7 Å². The molecule has 154 valence electrons. The van der Waals surface area contributed by atoms with Gasteiger partial charge in [-0.25, -0.2) is 14.4 Å². The van der Waals surface area contributed by atoms with Gasteiger partial charge in [-0.15, -0.1) is 0 Å². The summed E-state index contributed by atoms with van der Waals surface area (Å²) in [6.45, 7) is 2.09. The van der Waals surface area contributed by atoms with Crippen LogP contribution in [0.5, 0.6) is 0 Å². The number of hydrogen-bond donors (Lipinski definition) is 3. The number of aryl methyl sites for hydroxylation is 1. The Kier molecular flexibility index (Phi) is 5.45. The van der Waals surface area contributed by atoms with E-state index in [1.54, 1.807) is 42.9 Å².